The Labute approximate surface area is 104 Å². The summed E-state index contributed by atoms with van der Waals surface area (Å²) in [7, 11) is 0. The van der Waals surface area contributed by atoms with Crippen LogP contribution >= 0.6 is 0 Å². The molecule has 2 heteroatoms. The summed E-state index contributed by atoms with van der Waals surface area (Å²) in [6, 6.07) is 18.7. The Morgan fingerprint density at radius 2 is 1.56 bits per heavy atom. The van der Waals surface area contributed by atoms with Crippen LogP contribution < -0.4 is 5.73 Å². The minimum atomic E-state index is 0.857. The smallest absolute Gasteiger partial charge is 0.0559 e. The number of rotatable bonds is 0. The van der Waals surface area contributed by atoms with Crippen LogP contribution in [0.15, 0.2) is 54.6 Å². The third kappa shape index (κ3) is 1.12. The maximum absolute atomic E-state index is 6.30. The summed E-state index contributed by atoms with van der Waals surface area (Å²) in [5.41, 5.74) is 10.5. The number of nitrogen functional groups attached to an aromatic ring is 1. The van der Waals surface area contributed by atoms with Crippen LogP contribution in [0.2, 0.25) is 0 Å². The summed E-state index contributed by atoms with van der Waals surface area (Å²) in [6.45, 7) is 0. The molecule has 0 aromatic heterocycles. The van der Waals surface area contributed by atoms with Gasteiger partial charge in [-0.3, -0.25) is 0 Å². The molecule has 18 heavy (non-hydrogen) atoms. The van der Waals surface area contributed by atoms with E-state index < -0.39 is 0 Å². The highest BCUT2D eigenvalue weighted by Crippen LogP contribution is 2.39. The fraction of sp³-hybridized carbons (Fsp3) is 0. The monoisotopic (exact) mass is 232 g/mol. The lowest BCUT2D eigenvalue weighted by molar-refractivity contribution is 1.44. The molecule has 4 rings (SSSR count). The SMILES string of the molecule is Nc1c2cc3ccccc3c-2[nH]c2ccccc12. The van der Waals surface area contributed by atoms with E-state index >= 15 is 0 Å². The van der Waals surface area contributed by atoms with E-state index in [1.54, 1.807) is 0 Å². The van der Waals surface area contributed by atoms with Crippen LogP contribution in [0, 0.1) is 0 Å². The zero-order chi connectivity index (χ0) is 12.1. The fourth-order valence-electron chi connectivity index (χ4n) is 2.68. The second kappa shape index (κ2) is 3.26. The minimum absolute atomic E-state index is 0.857. The van der Waals surface area contributed by atoms with Crippen molar-refractivity contribution in [2.45, 2.75) is 0 Å². The van der Waals surface area contributed by atoms with Crippen molar-refractivity contribution in [3.8, 4) is 11.3 Å². The van der Waals surface area contributed by atoms with Crippen LogP contribution in [0.25, 0.3) is 32.9 Å². The average Bonchev–Trinajstić information content (AvgIpc) is 2.79. The molecule has 0 atom stereocenters. The molecule has 2 nitrogen and oxygen atoms in total. The molecule has 1 heterocycles. The van der Waals surface area contributed by atoms with Gasteiger partial charge in [-0.25, -0.2) is 0 Å². The molecule has 0 fully saturated rings. The molecule has 0 radical (unpaired) electrons. The first-order valence-electron chi connectivity index (χ1n) is 6.02. The van der Waals surface area contributed by atoms with Crippen LogP contribution in [0.1, 0.15) is 0 Å². The molecule has 1 aliphatic heterocycles. The zero-order valence-electron chi connectivity index (χ0n) is 9.77. The molecule has 0 saturated heterocycles. The molecule has 1 aliphatic carbocycles. The van der Waals surface area contributed by atoms with Crippen molar-refractivity contribution < 1.29 is 0 Å². The Morgan fingerprint density at radius 3 is 2.44 bits per heavy atom. The number of pyridine rings is 1. The highest BCUT2D eigenvalue weighted by molar-refractivity contribution is 6.10. The Morgan fingerprint density at radius 1 is 0.833 bits per heavy atom. The third-order valence-corrected chi connectivity index (χ3v) is 3.57. The Bertz CT molecular complexity index is 842. The summed E-state index contributed by atoms with van der Waals surface area (Å²) in [6.07, 6.45) is 0. The second-order valence-electron chi connectivity index (χ2n) is 4.60. The normalized spacial score (nSPS) is 11.6. The lowest BCUT2D eigenvalue weighted by Gasteiger charge is -2.09. The van der Waals surface area contributed by atoms with E-state index in [9.17, 15) is 0 Å². The van der Waals surface area contributed by atoms with Crippen molar-refractivity contribution >= 4 is 27.4 Å². The van der Waals surface area contributed by atoms with Gasteiger partial charge in [0.15, 0.2) is 0 Å². The Hall–Kier alpha value is -2.48. The predicted octanol–water partition coefficient (Wildman–Crippen LogP) is 4.01. The molecule has 3 N–H and O–H groups in total. The van der Waals surface area contributed by atoms with Gasteiger partial charge < -0.3 is 10.7 Å². The van der Waals surface area contributed by atoms with Gasteiger partial charge in [0.25, 0.3) is 0 Å². The summed E-state index contributed by atoms with van der Waals surface area (Å²) < 4.78 is 0. The highest BCUT2D eigenvalue weighted by Gasteiger charge is 2.15. The lowest BCUT2D eigenvalue weighted by atomic mass is 10.1. The van der Waals surface area contributed by atoms with E-state index in [4.69, 9.17) is 5.73 Å². The molecule has 0 spiro atoms. The quantitative estimate of drug-likeness (QED) is 0.472. The van der Waals surface area contributed by atoms with Gasteiger partial charge in [0, 0.05) is 21.9 Å². The van der Waals surface area contributed by atoms with Gasteiger partial charge in [0.2, 0.25) is 0 Å². The van der Waals surface area contributed by atoms with E-state index in [0.717, 1.165) is 27.8 Å². The van der Waals surface area contributed by atoms with E-state index in [1.165, 1.54) is 10.8 Å². The maximum atomic E-state index is 6.30. The van der Waals surface area contributed by atoms with E-state index in [2.05, 4.69) is 47.4 Å². The molecular formula is C16H12N2. The number of anilines is 1. The third-order valence-electron chi connectivity index (χ3n) is 3.57. The van der Waals surface area contributed by atoms with E-state index in [-0.39, 0.29) is 0 Å². The van der Waals surface area contributed by atoms with Crippen molar-refractivity contribution in [2.24, 2.45) is 0 Å². The van der Waals surface area contributed by atoms with Gasteiger partial charge in [0.05, 0.1) is 11.4 Å². The molecular weight excluding hydrogens is 220 g/mol. The molecule has 0 bridgehead atoms. The number of hydrogen-bond acceptors (Lipinski definition) is 1. The van der Waals surface area contributed by atoms with Gasteiger partial charge in [-0.05, 0) is 17.5 Å². The second-order valence-corrected chi connectivity index (χ2v) is 4.60. The summed E-state index contributed by atoms with van der Waals surface area (Å²) in [4.78, 5) is 3.49. The lowest BCUT2D eigenvalue weighted by Crippen LogP contribution is -1.94. The Balaban J connectivity index is 2.29. The molecule has 2 aromatic carbocycles. The average molecular weight is 232 g/mol. The number of benzene rings is 2. The zero-order valence-corrected chi connectivity index (χ0v) is 9.77. The first kappa shape index (κ1) is 9.54. The maximum Gasteiger partial charge on any atom is 0.0559 e. The molecule has 0 amide bonds. The van der Waals surface area contributed by atoms with Crippen molar-refractivity contribution in [3.63, 3.8) is 0 Å². The predicted molar refractivity (Wildman–Crippen MR) is 76.8 cm³/mol. The fourth-order valence-corrected chi connectivity index (χ4v) is 2.68. The summed E-state index contributed by atoms with van der Waals surface area (Å²) >= 11 is 0. The number of aromatic amines is 1. The molecule has 2 aromatic rings. The Kier molecular flexibility index (Phi) is 1.73. The van der Waals surface area contributed by atoms with Crippen molar-refractivity contribution in [1.82, 2.24) is 4.98 Å². The van der Waals surface area contributed by atoms with Crippen LogP contribution in [0.3, 0.4) is 0 Å². The number of nitrogens with two attached hydrogens (primary N) is 1. The number of fused-ring (bicyclic) bond motifs is 4. The largest absolute Gasteiger partial charge is 0.398 e. The molecule has 2 aliphatic rings. The van der Waals surface area contributed by atoms with E-state index in [0.29, 0.717) is 0 Å². The number of hydrogen-bond donors (Lipinski definition) is 2. The van der Waals surface area contributed by atoms with Crippen LogP contribution in [-0.2, 0) is 0 Å². The van der Waals surface area contributed by atoms with Gasteiger partial charge in [-0.1, -0.05) is 42.5 Å². The number of nitrogens with one attached hydrogen (secondary N) is 1. The summed E-state index contributed by atoms with van der Waals surface area (Å²) in [5, 5.41) is 3.54. The first-order chi connectivity index (χ1) is 8.84. The molecule has 0 saturated carbocycles. The molecule has 0 unspecified atom stereocenters. The molecule has 86 valence electrons. The van der Waals surface area contributed by atoms with Crippen molar-refractivity contribution in [1.29, 1.82) is 0 Å². The number of H-pyrrole nitrogens is 1. The van der Waals surface area contributed by atoms with Crippen LogP contribution in [-0.4, -0.2) is 4.98 Å². The van der Waals surface area contributed by atoms with Gasteiger partial charge in [-0.2, -0.15) is 0 Å². The number of para-hydroxylation sites is 1. The van der Waals surface area contributed by atoms with Gasteiger partial charge in [-0.15, -0.1) is 0 Å². The topological polar surface area (TPSA) is 41.8 Å². The van der Waals surface area contributed by atoms with Crippen molar-refractivity contribution in [2.75, 3.05) is 5.73 Å². The van der Waals surface area contributed by atoms with Crippen LogP contribution in [0.5, 0.6) is 0 Å². The highest BCUT2D eigenvalue weighted by atomic mass is 14.7. The van der Waals surface area contributed by atoms with Crippen molar-refractivity contribution in [3.05, 3.63) is 54.6 Å². The standard InChI is InChI=1S/C16H12N2/c17-15-12-7-3-4-8-14(12)18-16-11-6-2-1-5-10(11)9-13(15)16/h1-9,18H,17H2. The first-order valence-corrected chi connectivity index (χ1v) is 6.02. The van der Waals surface area contributed by atoms with Gasteiger partial charge >= 0.3 is 0 Å². The summed E-state index contributed by atoms with van der Waals surface area (Å²) in [5.74, 6) is 0. The minimum Gasteiger partial charge on any atom is -0.398 e. The van der Waals surface area contributed by atoms with E-state index in [1.807, 2.05) is 12.1 Å². The number of aromatic nitrogens is 1. The van der Waals surface area contributed by atoms with Crippen LogP contribution in [0.4, 0.5) is 5.69 Å². The van der Waals surface area contributed by atoms with Gasteiger partial charge in [0.1, 0.15) is 0 Å².